The van der Waals surface area contributed by atoms with Crippen LogP contribution in [0.1, 0.15) is 27.0 Å². The number of amides is 1. The van der Waals surface area contributed by atoms with Crippen molar-refractivity contribution in [3.63, 3.8) is 0 Å². The van der Waals surface area contributed by atoms with Gasteiger partial charge in [0.25, 0.3) is 0 Å². The molecule has 0 aliphatic rings. The summed E-state index contributed by atoms with van der Waals surface area (Å²) in [6.45, 7) is 1.94. The molecule has 0 bridgehead atoms. The van der Waals surface area contributed by atoms with Crippen molar-refractivity contribution in [2.45, 2.75) is 13.3 Å². The highest BCUT2D eigenvalue weighted by Crippen LogP contribution is 2.25. The Morgan fingerprint density at radius 1 is 1.00 bits per heavy atom. The van der Waals surface area contributed by atoms with E-state index in [9.17, 15) is 9.59 Å². The molecule has 0 aromatic heterocycles. The number of nitrogens with one attached hydrogen (secondary N) is 1. The third-order valence-electron chi connectivity index (χ3n) is 4.36. The van der Waals surface area contributed by atoms with Crippen molar-refractivity contribution in [3.05, 3.63) is 93.5 Å². The fraction of sp³-hybridized carbons (Fsp3) is 0.130. The molecule has 28 heavy (non-hydrogen) atoms. The fourth-order valence-corrected chi connectivity index (χ4v) is 3.35. The fourth-order valence-electron chi connectivity index (χ4n) is 2.99. The van der Waals surface area contributed by atoms with Crippen LogP contribution in [0, 0.1) is 6.92 Å². The van der Waals surface area contributed by atoms with Gasteiger partial charge in [0, 0.05) is 15.6 Å². The van der Waals surface area contributed by atoms with E-state index in [0.717, 1.165) is 21.3 Å². The second-order valence-corrected chi connectivity index (χ2v) is 7.33. The van der Waals surface area contributed by atoms with Gasteiger partial charge in [0.05, 0.1) is 19.2 Å². The number of methoxy groups -OCH3 is 1. The van der Waals surface area contributed by atoms with Crippen LogP contribution >= 0.6 is 15.9 Å². The average molecular weight is 438 g/mol. The van der Waals surface area contributed by atoms with Gasteiger partial charge in [-0.25, -0.2) is 0 Å². The lowest BCUT2D eigenvalue weighted by molar-refractivity contribution is -0.115. The van der Waals surface area contributed by atoms with Crippen molar-refractivity contribution >= 4 is 33.3 Å². The van der Waals surface area contributed by atoms with Gasteiger partial charge in [-0.05, 0) is 42.3 Å². The molecule has 0 aliphatic carbocycles. The summed E-state index contributed by atoms with van der Waals surface area (Å²) in [5, 5.41) is 2.87. The Kier molecular flexibility index (Phi) is 6.26. The molecule has 0 atom stereocenters. The molecule has 0 fully saturated rings. The Balaban J connectivity index is 1.81. The molecule has 0 saturated heterocycles. The Morgan fingerprint density at radius 2 is 1.75 bits per heavy atom. The lowest BCUT2D eigenvalue weighted by Crippen LogP contribution is -2.17. The minimum atomic E-state index is -0.186. The number of carbonyl (C=O) groups is 2. The van der Waals surface area contributed by atoms with E-state index in [1.165, 1.54) is 0 Å². The molecule has 0 unspecified atom stereocenters. The summed E-state index contributed by atoms with van der Waals surface area (Å²) in [7, 11) is 1.62. The highest BCUT2D eigenvalue weighted by molar-refractivity contribution is 9.10. The van der Waals surface area contributed by atoms with Crippen molar-refractivity contribution in [2.24, 2.45) is 0 Å². The van der Waals surface area contributed by atoms with Gasteiger partial charge in [-0.1, -0.05) is 58.4 Å². The topological polar surface area (TPSA) is 55.4 Å². The molecule has 1 N–H and O–H groups in total. The number of anilines is 1. The molecule has 0 saturated carbocycles. The predicted octanol–water partition coefficient (Wildman–Crippen LogP) is 5.18. The Labute approximate surface area is 172 Å². The Morgan fingerprint density at radius 3 is 2.43 bits per heavy atom. The molecule has 3 aromatic carbocycles. The van der Waals surface area contributed by atoms with Crippen LogP contribution in [0.3, 0.4) is 0 Å². The normalized spacial score (nSPS) is 10.4. The molecule has 1 amide bonds. The minimum Gasteiger partial charge on any atom is -0.496 e. The van der Waals surface area contributed by atoms with E-state index in [1.807, 2.05) is 43.3 Å². The first-order valence-electron chi connectivity index (χ1n) is 8.80. The van der Waals surface area contributed by atoms with Gasteiger partial charge >= 0.3 is 0 Å². The number of hydrogen-bond acceptors (Lipinski definition) is 3. The van der Waals surface area contributed by atoms with E-state index in [4.69, 9.17) is 4.74 Å². The lowest BCUT2D eigenvalue weighted by atomic mass is 10.0. The monoisotopic (exact) mass is 437 g/mol. The van der Waals surface area contributed by atoms with E-state index < -0.39 is 0 Å². The molecule has 3 rings (SSSR count). The molecule has 0 heterocycles. The number of aryl methyl sites for hydroxylation is 1. The quantitative estimate of drug-likeness (QED) is 0.540. The molecule has 4 nitrogen and oxygen atoms in total. The van der Waals surface area contributed by atoms with Crippen LogP contribution < -0.4 is 10.1 Å². The minimum absolute atomic E-state index is 0.141. The second kappa shape index (κ2) is 8.85. The van der Waals surface area contributed by atoms with Crippen LogP contribution in [0.5, 0.6) is 5.75 Å². The van der Waals surface area contributed by atoms with E-state index >= 15 is 0 Å². The number of hydrogen-bond donors (Lipinski definition) is 1. The van der Waals surface area contributed by atoms with Crippen molar-refractivity contribution in [1.29, 1.82) is 0 Å². The van der Waals surface area contributed by atoms with Crippen LogP contribution in [0.25, 0.3) is 0 Å². The Hall–Kier alpha value is -2.92. The van der Waals surface area contributed by atoms with Gasteiger partial charge in [-0.2, -0.15) is 0 Å². The zero-order valence-electron chi connectivity index (χ0n) is 15.7. The van der Waals surface area contributed by atoms with Crippen molar-refractivity contribution < 1.29 is 14.3 Å². The summed E-state index contributed by atoms with van der Waals surface area (Å²) < 4.78 is 6.03. The predicted molar refractivity (Wildman–Crippen MR) is 114 cm³/mol. The third kappa shape index (κ3) is 4.67. The molecule has 0 radical (unpaired) electrons. The maximum absolute atomic E-state index is 12.9. The van der Waals surface area contributed by atoms with Crippen LogP contribution in [0.4, 0.5) is 5.69 Å². The maximum Gasteiger partial charge on any atom is 0.228 e. The summed E-state index contributed by atoms with van der Waals surface area (Å²) in [6, 6.07) is 19.9. The number of halogens is 1. The number of carbonyl (C=O) groups excluding carboxylic acids is 2. The van der Waals surface area contributed by atoms with Crippen molar-refractivity contribution in [1.82, 2.24) is 0 Å². The van der Waals surface area contributed by atoms with Gasteiger partial charge < -0.3 is 10.1 Å². The summed E-state index contributed by atoms with van der Waals surface area (Å²) in [6.07, 6.45) is 0.208. The van der Waals surface area contributed by atoms with Gasteiger partial charge in [0.15, 0.2) is 5.78 Å². The third-order valence-corrected chi connectivity index (χ3v) is 4.85. The number of benzene rings is 3. The van der Waals surface area contributed by atoms with E-state index in [1.54, 1.807) is 37.4 Å². The summed E-state index contributed by atoms with van der Waals surface area (Å²) in [5.74, 6) is 0.458. The standard InChI is InChI=1S/C23H20BrNO3/c1-15-12-16(8-11-21(15)28-2)13-22(26)25-20-10-9-18(24)14-19(20)23(27)17-6-4-3-5-7-17/h3-12,14H,13H2,1-2H3,(H,25,26). The Bertz CT molecular complexity index is 1020. The molecule has 3 aromatic rings. The summed E-state index contributed by atoms with van der Waals surface area (Å²) in [4.78, 5) is 25.5. The van der Waals surface area contributed by atoms with Crippen LogP contribution in [-0.2, 0) is 11.2 Å². The molecule has 0 spiro atoms. The van der Waals surface area contributed by atoms with Gasteiger partial charge in [0.1, 0.15) is 5.75 Å². The average Bonchev–Trinajstić information content (AvgIpc) is 2.69. The highest BCUT2D eigenvalue weighted by atomic mass is 79.9. The van der Waals surface area contributed by atoms with Crippen LogP contribution in [0.2, 0.25) is 0 Å². The first-order chi connectivity index (χ1) is 13.5. The zero-order chi connectivity index (χ0) is 20.1. The molecule has 142 valence electrons. The van der Waals surface area contributed by atoms with Crippen LogP contribution in [0.15, 0.2) is 71.2 Å². The largest absolute Gasteiger partial charge is 0.496 e. The molecule has 0 aliphatic heterocycles. The van der Waals surface area contributed by atoms with Gasteiger partial charge in [0.2, 0.25) is 5.91 Å². The number of ether oxygens (including phenoxy) is 1. The maximum atomic E-state index is 12.9. The van der Waals surface area contributed by atoms with Crippen LogP contribution in [-0.4, -0.2) is 18.8 Å². The number of rotatable bonds is 6. The number of ketones is 1. The summed E-state index contributed by atoms with van der Waals surface area (Å²) in [5.41, 5.74) is 3.36. The SMILES string of the molecule is COc1ccc(CC(=O)Nc2ccc(Br)cc2C(=O)c2ccccc2)cc1C. The zero-order valence-corrected chi connectivity index (χ0v) is 17.2. The van der Waals surface area contributed by atoms with Gasteiger partial charge in [-0.3, -0.25) is 9.59 Å². The van der Waals surface area contributed by atoms with Crippen molar-refractivity contribution in [2.75, 3.05) is 12.4 Å². The second-order valence-electron chi connectivity index (χ2n) is 6.41. The lowest BCUT2D eigenvalue weighted by Gasteiger charge is -2.12. The highest BCUT2D eigenvalue weighted by Gasteiger charge is 2.16. The molecular weight excluding hydrogens is 418 g/mol. The first-order valence-corrected chi connectivity index (χ1v) is 9.60. The molecule has 5 heteroatoms. The van der Waals surface area contributed by atoms with E-state index in [2.05, 4.69) is 21.2 Å². The molecular formula is C23H20BrNO3. The van der Waals surface area contributed by atoms with E-state index in [-0.39, 0.29) is 18.1 Å². The summed E-state index contributed by atoms with van der Waals surface area (Å²) >= 11 is 3.40. The van der Waals surface area contributed by atoms with Gasteiger partial charge in [-0.15, -0.1) is 0 Å². The smallest absolute Gasteiger partial charge is 0.228 e. The first kappa shape index (κ1) is 19.8. The van der Waals surface area contributed by atoms with E-state index in [0.29, 0.717) is 16.8 Å². The van der Waals surface area contributed by atoms with Crippen molar-refractivity contribution in [3.8, 4) is 5.75 Å².